The molecule has 0 saturated heterocycles. The number of rotatable bonds is 4. The molecule has 3 aromatic rings. The van der Waals surface area contributed by atoms with Crippen LogP contribution in [0.4, 0.5) is 0 Å². The summed E-state index contributed by atoms with van der Waals surface area (Å²) in [7, 11) is 0. The zero-order valence-corrected chi connectivity index (χ0v) is 10.7. The van der Waals surface area contributed by atoms with Gasteiger partial charge < -0.3 is 4.74 Å². The number of ether oxygens (including phenoxy) is 1. The molecule has 19 heavy (non-hydrogen) atoms. The molecule has 0 N–H and O–H groups in total. The van der Waals surface area contributed by atoms with Crippen molar-refractivity contribution in [2.24, 2.45) is 0 Å². The predicted molar refractivity (Wildman–Crippen MR) is 69.2 cm³/mol. The van der Waals surface area contributed by atoms with Gasteiger partial charge in [0, 0.05) is 24.4 Å². The third-order valence-electron chi connectivity index (χ3n) is 2.52. The van der Waals surface area contributed by atoms with Crippen LogP contribution >= 0.6 is 11.6 Å². The Kier molecular flexibility index (Phi) is 3.24. The van der Waals surface area contributed by atoms with Crippen molar-refractivity contribution in [3.05, 3.63) is 47.6 Å². The van der Waals surface area contributed by atoms with Crippen LogP contribution in [0.3, 0.4) is 0 Å². The molecule has 6 nitrogen and oxygen atoms in total. The molecular weight excluding hydrogens is 266 g/mol. The third-order valence-corrected chi connectivity index (χ3v) is 2.72. The van der Waals surface area contributed by atoms with Gasteiger partial charge >= 0.3 is 0 Å². The summed E-state index contributed by atoms with van der Waals surface area (Å²) < 4.78 is 7.16. The zero-order valence-electron chi connectivity index (χ0n) is 9.90. The number of hydrogen-bond donors (Lipinski definition) is 0. The van der Waals surface area contributed by atoms with E-state index in [4.69, 9.17) is 16.3 Å². The van der Waals surface area contributed by atoms with Gasteiger partial charge in [-0.1, -0.05) is 17.7 Å². The highest BCUT2D eigenvalue weighted by Gasteiger charge is 2.07. The van der Waals surface area contributed by atoms with E-state index in [0.29, 0.717) is 29.8 Å². The van der Waals surface area contributed by atoms with Crippen LogP contribution in [0.25, 0.3) is 5.78 Å². The average Bonchev–Trinajstić information content (AvgIpc) is 2.88. The van der Waals surface area contributed by atoms with Crippen molar-refractivity contribution in [1.82, 2.24) is 24.6 Å². The fourth-order valence-corrected chi connectivity index (χ4v) is 1.84. The maximum Gasteiger partial charge on any atom is 0.256 e. The van der Waals surface area contributed by atoms with Crippen LogP contribution in [-0.2, 0) is 6.42 Å². The van der Waals surface area contributed by atoms with Crippen LogP contribution in [0.5, 0.6) is 5.88 Å². The van der Waals surface area contributed by atoms with E-state index in [1.165, 1.54) is 10.8 Å². The number of halogens is 1. The minimum absolute atomic E-state index is 0.327. The SMILES string of the molecule is Clc1cc(OCCc2ccccn2)n2ncnc2n1. The van der Waals surface area contributed by atoms with Crippen LogP contribution in [0.1, 0.15) is 5.69 Å². The maximum atomic E-state index is 5.89. The fraction of sp³-hybridized carbons (Fsp3) is 0.167. The van der Waals surface area contributed by atoms with Gasteiger partial charge in [0.05, 0.1) is 6.61 Å². The van der Waals surface area contributed by atoms with E-state index in [9.17, 15) is 0 Å². The summed E-state index contributed by atoms with van der Waals surface area (Å²) in [5, 5.41) is 4.36. The summed E-state index contributed by atoms with van der Waals surface area (Å²) in [6.45, 7) is 0.478. The van der Waals surface area contributed by atoms with E-state index in [1.54, 1.807) is 12.3 Å². The first-order valence-electron chi connectivity index (χ1n) is 5.72. The van der Waals surface area contributed by atoms with E-state index in [2.05, 4.69) is 20.1 Å². The standard InChI is InChI=1S/C12H10ClN5O/c13-10-7-11(18-12(17-10)15-8-16-18)19-6-4-9-3-1-2-5-14-9/h1-3,5,7-8H,4,6H2. The number of aromatic nitrogens is 5. The van der Waals surface area contributed by atoms with E-state index in [0.717, 1.165) is 5.69 Å². The molecule has 0 amide bonds. The smallest absolute Gasteiger partial charge is 0.256 e. The van der Waals surface area contributed by atoms with Crippen LogP contribution < -0.4 is 4.74 Å². The molecular formula is C12H10ClN5O. The quantitative estimate of drug-likeness (QED) is 0.679. The lowest BCUT2D eigenvalue weighted by molar-refractivity contribution is 0.299. The third kappa shape index (κ3) is 2.63. The Labute approximate surface area is 114 Å². The van der Waals surface area contributed by atoms with Gasteiger partial charge in [0.1, 0.15) is 11.5 Å². The summed E-state index contributed by atoms with van der Waals surface area (Å²) in [5.41, 5.74) is 0.970. The molecule has 0 aliphatic heterocycles. The number of pyridine rings is 1. The molecule has 3 aromatic heterocycles. The van der Waals surface area contributed by atoms with E-state index in [-0.39, 0.29) is 0 Å². The van der Waals surface area contributed by atoms with Crippen molar-refractivity contribution in [3.8, 4) is 5.88 Å². The van der Waals surface area contributed by atoms with E-state index >= 15 is 0 Å². The minimum Gasteiger partial charge on any atom is -0.477 e. The predicted octanol–water partition coefficient (Wildman–Crippen LogP) is 1.79. The molecule has 3 heterocycles. The summed E-state index contributed by atoms with van der Waals surface area (Å²) in [6, 6.07) is 7.39. The van der Waals surface area contributed by atoms with Crippen LogP contribution in [0, 0.1) is 0 Å². The Hall–Kier alpha value is -2.21. The summed E-state index contributed by atoms with van der Waals surface area (Å²) in [4.78, 5) is 12.2. The van der Waals surface area contributed by atoms with Gasteiger partial charge in [-0.15, -0.1) is 0 Å². The lowest BCUT2D eigenvalue weighted by Gasteiger charge is -2.07. The topological polar surface area (TPSA) is 65.2 Å². The number of nitrogens with zero attached hydrogens (tertiary/aromatic N) is 5. The van der Waals surface area contributed by atoms with Gasteiger partial charge in [-0.05, 0) is 12.1 Å². The molecule has 0 atom stereocenters. The Morgan fingerprint density at radius 1 is 1.26 bits per heavy atom. The second-order valence-electron chi connectivity index (χ2n) is 3.81. The first-order valence-corrected chi connectivity index (χ1v) is 6.10. The maximum absolute atomic E-state index is 5.89. The van der Waals surface area contributed by atoms with Gasteiger partial charge in [0.15, 0.2) is 0 Å². The second-order valence-corrected chi connectivity index (χ2v) is 4.20. The van der Waals surface area contributed by atoms with Crippen molar-refractivity contribution >= 4 is 17.4 Å². The lowest BCUT2D eigenvalue weighted by atomic mass is 10.3. The van der Waals surface area contributed by atoms with E-state index in [1.807, 2.05) is 18.2 Å². The largest absolute Gasteiger partial charge is 0.477 e. The molecule has 0 radical (unpaired) electrons. The monoisotopic (exact) mass is 275 g/mol. The Balaban J connectivity index is 1.73. The first kappa shape index (κ1) is 11.9. The van der Waals surface area contributed by atoms with Crippen LogP contribution in [-0.4, -0.2) is 31.2 Å². The van der Waals surface area contributed by atoms with Crippen LogP contribution in [0.2, 0.25) is 5.15 Å². The Morgan fingerprint density at radius 3 is 3.05 bits per heavy atom. The van der Waals surface area contributed by atoms with Crippen molar-refractivity contribution in [1.29, 1.82) is 0 Å². The van der Waals surface area contributed by atoms with Crippen molar-refractivity contribution in [2.75, 3.05) is 6.61 Å². The normalized spacial score (nSPS) is 10.8. The molecule has 0 saturated carbocycles. The van der Waals surface area contributed by atoms with Gasteiger partial charge in [-0.25, -0.2) is 0 Å². The minimum atomic E-state index is 0.327. The molecule has 0 aliphatic rings. The van der Waals surface area contributed by atoms with Gasteiger partial charge in [0.2, 0.25) is 5.88 Å². The average molecular weight is 276 g/mol. The molecule has 7 heteroatoms. The second kappa shape index (κ2) is 5.19. The zero-order chi connectivity index (χ0) is 13.1. The highest BCUT2D eigenvalue weighted by Crippen LogP contribution is 2.16. The highest BCUT2D eigenvalue weighted by atomic mass is 35.5. The molecule has 0 aromatic carbocycles. The Morgan fingerprint density at radius 2 is 2.21 bits per heavy atom. The summed E-state index contributed by atoms with van der Waals surface area (Å²) in [5.74, 6) is 0.934. The summed E-state index contributed by atoms with van der Waals surface area (Å²) >= 11 is 5.89. The van der Waals surface area contributed by atoms with Crippen molar-refractivity contribution < 1.29 is 4.74 Å². The molecule has 96 valence electrons. The first-order chi connectivity index (χ1) is 9.33. The Bertz CT molecular complexity index is 685. The molecule has 0 unspecified atom stereocenters. The molecule has 0 fully saturated rings. The number of fused-ring (bicyclic) bond motifs is 1. The van der Waals surface area contributed by atoms with Crippen LogP contribution in [0.15, 0.2) is 36.8 Å². The molecule has 3 rings (SSSR count). The molecule has 0 bridgehead atoms. The van der Waals surface area contributed by atoms with Gasteiger partial charge in [0.25, 0.3) is 5.78 Å². The van der Waals surface area contributed by atoms with Gasteiger partial charge in [-0.2, -0.15) is 19.6 Å². The highest BCUT2D eigenvalue weighted by molar-refractivity contribution is 6.29. The van der Waals surface area contributed by atoms with E-state index < -0.39 is 0 Å². The van der Waals surface area contributed by atoms with Crippen molar-refractivity contribution in [2.45, 2.75) is 6.42 Å². The number of hydrogen-bond acceptors (Lipinski definition) is 5. The molecule has 0 aliphatic carbocycles. The molecule has 0 spiro atoms. The van der Waals surface area contributed by atoms with Gasteiger partial charge in [-0.3, -0.25) is 4.98 Å². The summed E-state index contributed by atoms with van der Waals surface area (Å²) in [6.07, 6.45) is 3.87. The fourth-order valence-electron chi connectivity index (χ4n) is 1.67. The van der Waals surface area contributed by atoms with Crippen molar-refractivity contribution in [3.63, 3.8) is 0 Å². The lowest BCUT2D eigenvalue weighted by Crippen LogP contribution is -2.07.